The van der Waals surface area contributed by atoms with Gasteiger partial charge in [-0.05, 0) is 66.3 Å². The first-order chi connectivity index (χ1) is 15.0. The van der Waals surface area contributed by atoms with E-state index in [-0.39, 0.29) is 17.1 Å². The quantitative estimate of drug-likeness (QED) is 0.313. The van der Waals surface area contributed by atoms with Gasteiger partial charge < -0.3 is 14.8 Å². The van der Waals surface area contributed by atoms with E-state index in [1.54, 1.807) is 18.2 Å². The van der Waals surface area contributed by atoms with Gasteiger partial charge in [-0.2, -0.15) is 12.6 Å². The van der Waals surface area contributed by atoms with E-state index in [0.29, 0.717) is 35.1 Å². The highest BCUT2D eigenvalue weighted by molar-refractivity contribution is 7.80. The number of fused-ring (bicyclic) bond motifs is 2. The Morgan fingerprint density at radius 2 is 1.90 bits per heavy atom. The molecule has 0 radical (unpaired) electrons. The van der Waals surface area contributed by atoms with Crippen LogP contribution in [0.2, 0.25) is 0 Å². The van der Waals surface area contributed by atoms with Crippen molar-refractivity contribution in [2.75, 3.05) is 12.3 Å². The van der Waals surface area contributed by atoms with Crippen LogP contribution in [0.1, 0.15) is 34.7 Å². The number of nitrogens with one attached hydrogen (secondary N) is 1. The first-order valence-electron chi connectivity index (χ1n) is 10.3. The topological polar surface area (TPSA) is 79.5 Å². The molecule has 2 aromatic carbocycles. The van der Waals surface area contributed by atoms with Gasteiger partial charge in [0.1, 0.15) is 17.1 Å². The average Bonchev–Trinajstić information content (AvgIpc) is 3.60. The van der Waals surface area contributed by atoms with Crippen molar-refractivity contribution in [3.63, 3.8) is 0 Å². The van der Waals surface area contributed by atoms with Crippen LogP contribution in [0, 0.1) is 0 Å². The van der Waals surface area contributed by atoms with Gasteiger partial charge in [-0.1, -0.05) is 6.07 Å². The number of benzene rings is 3. The lowest BCUT2D eigenvalue weighted by Gasteiger charge is -2.18. The van der Waals surface area contributed by atoms with Gasteiger partial charge in [0.05, 0.1) is 0 Å². The standard InChI is InChI=1S/C25H21NO4S/c27-16-4-7-19-22(12-16)30-23-13-17(28)5-8-20(23)24(19)21-11-15(25(29)26-9-10-31)3-6-18(21)14-1-2-14/h3-8,11-14,27,31H,1-2,9-10H2,(H,26,29). The van der Waals surface area contributed by atoms with E-state index in [4.69, 9.17) is 4.42 Å². The molecule has 2 aliphatic carbocycles. The maximum atomic E-state index is 12.7. The molecular formula is C25H21NO4S. The van der Waals surface area contributed by atoms with Crippen LogP contribution >= 0.6 is 12.6 Å². The molecule has 0 saturated heterocycles. The minimum atomic E-state index is -0.149. The van der Waals surface area contributed by atoms with Crippen LogP contribution in [0.15, 0.2) is 63.8 Å². The maximum absolute atomic E-state index is 12.7. The largest absolute Gasteiger partial charge is 0.508 e. The second-order valence-corrected chi connectivity index (χ2v) is 8.32. The zero-order valence-electron chi connectivity index (χ0n) is 16.7. The molecule has 156 valence electrons. The Hall–Kier alpha value is -3.25. The third-order valence-electron chi connectivity index (χ3n) is 5.68. The molecule has 0 bridgehead atoms. The molecule has 0 aromatic heterocycles. The fourth-order valence-electron chi connectivity index (χ4n) is 4.09. The summed E-state index contributed by atoms with van der Waals surface area (Å²) in [7, 11) is 0. The number of carbonyl (C=O) groups excluding carboxylic acids is 1. The van der Waals surface area contributed by atoms with Gasteiger partial charge in [0.2, 0.25) is 0 Å². The molecule has 0 atom stereocenters. The molecule has 6 heteroatoms. The van der Waals surface area contributed by atoms with Crippen LogP contribution in [0.5, 0.6) is 5.75 Å². The van der Waals surface area contributed by atoms with Gasteiger partial charge in [-0.25, -0.2) is 0 Å². The first kappa shape index (κ1) is 19.7. The van der Waals surface area contributed by atoms with Crippen molar-refractivity contribution in [2.24, 2.45) is 0 Å². The number of rotatable bonds is 5. The molecule has 5 rings (SSSR count). The van der Waals surface area contributed by atoms with E-state index >= 15 is 0 Å². The molecule has 3 aliphatic rings. The molecule has 0 spiro atoms. The number of carbonyl (C=O) groups is 1. The third-order valence-corrected chi connectivity index (χ3v) is 5.90. The molecule has 2 N–H and O–H groups in total. The highest BCUT2D eigenvalue weighted by Crippen LogP contribution is 2.48. The highest BCUT2D eigenvalue weighted by Gasteiger charge is 2.29. The van der Waals surface area contributed by atoms with Crippen molar-refractivity contribution < 1.29 is 14.3 Å². The van der Waals surface area contributed by atoms with E-state index < -0.39 is 0 Å². The second-order valence-electron chi connectivity index (χ2n) is 7.87. The minimum Gasteiger partial charge on any atom is -0.508 e. The number of amides is 1. The summed E-state index contributed by atoms with van der Waals surface area (Å²) in [6.45, 7) is 0.489. The Morgan fingerprint density at radius 3 is 2.68 bits per heavy atom. The van der Waals surface area contributed by atoms with E-state index in [1.807, 2.05) is 24.3 Å². The number of phenols is 1. The lowest BCUT2D eigenvalue weighted by atomic mass is 9.88. The van der Waals surface area contributed by atoms with Gasteiger partial charge in [0.25, 0.3) is 5.91 Å². The van der Waals surface area contributed by atoms with E-state index in [1.165, 1.54) is 17.7 Å². The molecule has 1 aliphatic heterocycles. The summed E-state index contributed by atoms with van der Waals surface area (Å²) < 4.78 is 5.97. The zero-order chi connectivity index (χ0) is 21.5. The van der Waals surface area contributed by atoms with Gasteiger partial charge in [0.15, 0.2) is 5.43 Å². The SMILES string of the molecule is O=C(NCCS)c1ccc(C2CC2)c(-c2c3ccc(=O)cc-3oc3cc(O)ccc23)c1. The predicted molar refractivity (Wildman–Crippen MR) is 124 cm³/mol. The lowest BCUT2D eigenvalue weighted by molar-refractivity contribution is 0.0956. The van der Waals surface area contributed by atoms with Gasteiger partial charge in [-0.3, -0.25) is 9.59 Å². The summed E-state index contributed by atoms with van der Waals surface area (Å²) in [4.78, 5) is 24.7. The van der Waals surface area contributed by atoms with Gasteiger partial charge >= 0.3 is 0 Å². The van der Waals surface area contributed by atoms with Crippen molar-refractivity contribution in [3.05, 3.63) is 75.9 Å². The van der Waals surface area contributed by atoms with Crippen molar-refractivity contribution in [1.82, 2.24) is 5.32 Å². The predicted octanol–water partition coefficient (Wildman–Crippen LogP) is 4.81. The van der Waals surface area contributed by atoms with Crippen molar-refractivity contribution in [3.8, 4) is 28.2 Å². The zero-order valence-corrected chi connectivity index (χ0v) is 17.6. The molecule has 0 unspecified atom stereocenters. The van der Waals surface area contributed by atoms with Crippen LogP contribution in [0.25, 0.3) is 33.4 Å². The summed E-state index contributed by atoms with van der Waals surface area (Å²) in [6, 6.07) is 15.6. The van der Waals surface area contributed by atoms with Crippen molar-refractivity contribution in [2.45, 2.75) is 18.8 Å². The third kappa shape index (κ3) is 3.68. The number of phenolic OH excluding ortho intramolecular Hbond substituents is 1. The number of hydrogen-bond acceptors (Lipinski definition) is 5. The van der Waals surface area contributed by atoms with E-state index in [9.17, 15) is 14.7 Å². The normalized spacial score (nSPS) is 13.6. The molecule has 2 aromatic rings. The number of aromatic hydroxyl groups is 1. The van der Waals surface area contributed by atoms with Crippen LogP contribution in [-0.2, 0) is 0 Å². The Labute approximate surface area is 184 Å². The smallest absolute Gasteiger partial charge is 0.251 e. The fourth-order valence-corrected chi connectivity index (χ4v) is 4.20. The summed E-state index contributed by atoms with van der Waals surface area (Å²) in [6.07, 6.45) is 2.22. The first-order valence-corrected chi connectivity index (χ1v) is 10.9. The molecule has 31 heavy (non-hydrogen) atoms. The van der Waals surface area contributed by atoms with Crippen LogP contribution < -0.4 is 10.7 Å². The number of thiol groups is 1. The van der Waals surface area contributed by atoms with Crippen LogP contribution in [0.3, 0.4) is 0 Å². The molecular weight excluding hydrogens is 410 g/mol. The van der Waals surface area contributed by atoms with Gasteiger partial charge in [-0.15, -0.1) is 0 Å². The van der Waals surface area contributed by atoms with E-state index in [0.717, 1.165) is 34.9 Å². The average molecular weight is 432 g/mol. The summed E-state index contributed by atoms with van der Waals surface area (Å²) in [5.41, 5.74) is 4.75. The Morgan fingerprint density at radius 1 is 1.06 bits per heavy atom. The monoisotopic (exact) mass is 431 g/mol. The maximum Gasteiger partial charge on any atom is 0.251 e. The Balaban J connectivity index is 1.81. The second kappa shape index (κ2) is 7.78. The molecule has 1 saturated carbocycles. The van der Waals surface area contributed by atoms with Crippen LogP contribution in [0.4, 0.5) is 0 Å². The molecule has 1 heterocycles. The molecule has 1 amide bonds. The van der Waals surface area contributed by atoms with Crippen molar-refractivity contribution >= 4 is 29.5 Å². The minimum absolute atomic E-state index is 0.0853. The van der Waals surface area contributed by atoms with Crippen molar-refractivity contribution in [1.29, 1.82) is 0 Å². The van der Waals surface area contributed by atoms with Gasteiger partial charge in [0, 0.05) is 46.5 Å². The Kier molecular flexibility index (Phi) is 4.94. The number of hydrogen-bond donors (Lipinski definition) is 3. The Bertz CT molecular complexity index is 1340. The summed E-state index contributed by atoms with van der Waals surface area (Å²) in [5, 5.41) is 13.7. The summed E-state index contributed by atoms with van der Waals surface area (Å²) >= 11 is 4.16. The summed E-state index contributed by atoms with van der Waals surface area (Å²) in [5.74, 6) is 1.40. The fraction of sp³-hybridized carbons (Fsp3) is 0.200. The van der Waals surface area contributed by atoms with E-state index in [2.05, 4.69) is 17.9 Å². The van der Waals surface area contributed by atoms with Crippen LogP contribution in [-0.4, -0.2) is 23.3 Å². The molecule has 1 fully saturated rings. The highest BCUT2D eigenvalue weighted by atomic mass is 32.1. The lowest BCUT2D eigenvalue weighted by Crippen LogP contribution is -2.25. The molecule has 5 nitrogen and oxygen atoms in total.